The highest BCUT2D eigenvalue weighted by Crippen LogP contribution is 2.46. The third kappa shape index (κ3) is 0.957. The number of alkyl halides is 2. The average Bonchev–Trinajstić information content (AvgIpc) is 2.62. The largest absolute Gasteiger partial charge is 0.387 e. The van der Waals surface area contributed by atoms with E-state index in [1.54, 1.807) is 0 Å². The maximum absolute atomic E-state index is 14.2. The van der Waals surface area contributed by atoms with Gasteiger partial charge in [0.25, 0.3) is 11.3 Å². The lowest BCUT2D eigenvalue weighted by Crippen LogP contribution is -2.39. The number of cyclic esters (lactones) is 4. The van der Waals surface area contributed by atoms with Gasteiger partial charge in [0, 0.05) is 0 Å². The summed E-state index contributed by atoms with van der Waals surface area (Å²) in [5, 5.41) is 0. The Morgan fingerprint density at radius 1 is 0.778 bits per heavy atom. The second-order valence-corrected chi connectivity index (χ2v) is 3.89. The summed E-state index contributed by atoms with van der Waals surface area (Å²) in [4.78, 5) is 44.6. The molecule has 2 unspecified atom stereocenters. The van der Waals surface area contributed by atoms with Crippen molar-refractivity contribution in [2.45, 2.75) is 11.3 Å². The van der Waals surface area contributed by atoms with Crippen LogP contribution in [-0.2, 0) is 28.7 Å². The molecule has 0 amide bonds. The Bertz CT molecular complexity index is 564. The number of rotatable bonds is 0. The van der Waals surface area contributed by atoms with Gasteiger partial charge in [-0.15, -0.1) is 0 Å². The first-order valence-corrected chi connectivity index (χ1v) is 4.67. The molecule has 6 nitrogen and oxygen atoms in total. The van der Waals surface area contributed by atoms with Crippen LogP contribution in [0.25, 0.3) is 0 Å². The van der Waals surface area contributed by atoms with E-state index in [9.17, 15) is 28.0 Å². The lowest BCUT2D eigenvalue weighted by Gasteiger charge is -2.21. The molecule has 18 heavy (non-hydrogen) atoms. The summed E-state index contributed by atoms with van der Waals surface area (Å²) in [6.07, 6.45) is 0.506. The first kappa shape index (κ1) is 10.8. The fraction of sp³-hybridized carbons (Fsp3) is 0.200. The molecule has 2 heterocycles. The van der Waals surface area contributed by atoms with E-state index in [1.807, 2.05) is 0 Å². The average molecular weight is 256 g/mol. The normalized spacial score (nSPS) is 37.7. The summed E-state index contributed by atoms with van der Waals surface area (Å²) in [5.41, 5.74) is -8.03. The quantitative estimate of drug-likeness (QED) is 0.426. The Balaban J connectivity index is 2.28. The molecule has 0 bridgehead atoms. The van der Waals surface area contributed by atoms with Gasteiger partial charge in [0.05, 0.1) is 11.1 Å². The highest BCUT2D eigenvalue weighted by molar-refractivity contribution is 6.20. The van der Waals surface area contributed by atoms with Gasteiger partial charge in [-0.3, -0.25) is 0 Å². The van der Waals surface area contributed by atoms with Crippen molar-refractivity contribution in [3.8, 4) is 0 Å². The molecular formula is C10H2F2O6. The first-order chi connectivity index (χ1) is 8.29. The van der Waals surface area contributed by atoms with Gasteiger partial charge >= 0.3 is 23.9 Å². The number of halogens is 2. The maximum Gasteiger partial charge on any atom is 0.360 e. The highest BCUT2D eigenvalue weighted by atomic mass is 19.1. The van der Waals surface area contributed by atoms with E-state index < -0.39 is 46.4 Å². The van der Waals surface area contributed by atoms with Gasteiger partial charge in [-0.25, -0.2) is 28.0 Å². The molecule has 2 saturated heterocycles. The van der Waals surface area contributed by atoms with Crippen LogP contribution in [0.5, 0.6) is 0 Å². The van der Waals surface area contributed by atoms with E-state index in [-0.39, 0.29) is 12.2 Å². The van der Waals surface area contributed by atoms with Crippen molar-refractivity contribution in [3.05, 3.63) is 23.3 Å². The van der Waals surface area contributed by atoms with Gasteiger partial charge in [0.1, 0.15) is 0 Å². The van der Waals surface area contributed by atoms with Crippen molar-refractivity contribution in [1.82, 2.24) is 0 Å². The molecule has 0 N–H and O–H groups in total. The third-order valence-corrected chi connectivity index (χ3v) is 2.88. The molecule has 0 radical (unpaired) electrons. The number of esters is 4. The van der Waals surface area contributed by atoms with Crippen molar-refractivity contribution >= 4 is 23.9 Å². The van der Waals surface area contributed by atoms with Gasteiger partial charge in [-0.1, -0.05) is 0 Å². The standard InChI is InChI=1S/C10H2F2O6/c11-9-1-3-5(13)17-8(16)10(3,12)2-4(9)6(14)18-7(9)15/h1-2H. The summed E-state index contributed by atoms with van der Waals surface area (Å²) in [7, 11) is 0. The molecule has 1 aliphatic carbocycles. The molecule has 3 aliphatic rings. The number of ether oxygens (including phenoxy) is 2. The Morgan fingerprint density at radius 2 is 1.11 bits per heavy atom. The molecule has 2 atom stereocenters. The molecule has 0 aromatic rings. The molecule has 2 fully saturated rings. The fourth-order valence-electron chi connectivity index (χ4n) is 1.94. The minimum Gasteiger partial charge on any atom is -0.387 e. The lowest BCUT2D eigenvalue weighted by atomic mass is 9.81. The van der Waals surface area contributed by atoms with Crippen molar-refractivity contribution in [2.75, 3.05) is 0 Å². The molecular weight excluding hydrogens is 254 g/mol. The van der Waals surface area contributed by atoms with Crippen molar-refractivity contribution in [2.24, 2.45) is 0 Å². The van der Waals surface area contributed by atoms with Gasteiger partial charge in [0.2, 0.25) is 0 Å². The Morgan fingerprint density at radius 3 is 1.44 bits per heavy atom. The summed E-state index contributed by atoms with van der Waals surface area (Å²) in [6.45, 7) is 0. The molecule has 0 aromatic carbocycles. The van der Waals surface area contributed by atoms with Crippen LogP contribution in [0.4, 0.5) is 8.78 Å². The lowest BCUT2D eigenvalue weighted by molar-refractivity contribution is -0.155. The summed E-state index contributed by atoms with van der Waals surface area (Å²) < 4.78 is 36.4. The monoisotopic (exact) mass is 256 g/mol. The summed E-state index contributed by atoms with van der Waals surface area (Å²) in [5.74, 6) is -5.97. The predicted octanol–water partition coefficient (Wildman–Crippen LogP) is -0.564. The Labute approximate surface area is 96.8 Å². The zero-order chi connectivity index (χ0) is 13.3. The number of carbonyl (C=O) groups is 4. The minimum absolute atomic E-state index is 0.253. The van der Waals surface area contributed by atoms with Gasteiger partial charge in [-0.2, -0.15) is 0 Å². The number of fused-ring (bicyclic) bond motifs is 2. The van der Waals surface area contributed by atoms with Crippen LogP contribution in [0, 0.1) is 0 Å². The zero-order valence-corrected chi connectivity index (χ0v) is 8.36. The van der Waals surface area contributed by atoms with Gasteiger partial charge < -0.3 is 9.47 Å². The first-order valence-electron chi connectivity index (χ1n) is 4.67. The molecule has 92 valence electrons. The summed E-state index contributed by atoms with van der Waals surface area (Å²) >= 11 is 0. The van der Waals surface area contributed by atoms with Crippen LogP contribution in [0.3, 0.4) is 0 Å². The van der Waals surface area contributed by atoms with Crippen molar-refractivity contribution in [3.63, 3.8) is 0 Å². The Hall–Kier alpha value is -2.38. The van der Waals surface area contributed by atoms with Gasteiger partial charge in [-0.05, 0) is 12.2 Å². The molecule has 0 aromatic heterocycles. The van der Waals surface area contributed by atoms with Crippen molar-refractivity contribution in [1.29, 1.82) is 0 Å². The Kier molecular flexibility index (Phi) is 1.62. The topological polar surface area (TPSA) is 86.7 Å². The van der Waals surface area contributed by atoms with E-state index >= 15 is 0 Å². The van der Waals surface area contributed by atoms with Crippen LogP contribution in [0.2, 0.25) is 0 Å². The molecule has 2 aliphatic heterocycles. The van der Waals surface area contributed by atoms with E-state index in [2.05, 4.69) is 9.47 Å². The van der Waals surface area contributed by atoms with E-state index in [0.29, 0.717) is 0 Å². The maximum atomic E-state index is 14.2. The van der Waals surface area contributed by atoms with Crippen LogP contribution >= 0.6 is 0 Å². The van der Waals surface area contributed by atoms with E-state index in [4.69, 9.17) is 0 Å². The SMILES string of the molecule is O=C1OC(=O)C2(F)C=C3C(=O)OC(=O)C3(F)C=C12. The van der Waals surface area contributed by atoms with E-state index in [1.165, 1.54) is 0 Å². The zero-order valence-electron chi connectivity index (χ0n) is 8.36. The highest BCUT2D eigenvalue weighted by Gasteiger charge is 2.65. The minimum atomic E-state index is -3.05. The number of hydrogen-bond acceptors (Lipinski definition) is 6. The second kappa shape index (κ2) is 2.71. The fourth-order valence-corrected chi connectivity index (χ4v) is 1.94. The van der Waals surface area contributed by atoms with Crippen LogP contribution in [0.15, 0.2) is 23.3 Å². The smallest absolute Gasteiger partial charge is 0.360 e. The third-order valence-electron chi connectivity index (χ3n) is 2.88. The predicted molar refractivity (Wildman–Crippen MR) is 46.0 cm³/mol. The molecule has 3 rings (SSSR count). The van der Waals surface area contributed by atoms with Crippen LogP contribution in [-0.4, -0.2) is 35.2 Å². The summed E-state index contributed by atoms with van der Waals surface area (Å²) in [6, 6.07) is 0. The molecule has 8 heteroatoms. The van der Waals surface area contributed by atoms with Gasteiger partial charge in [0.15, 0.2) is 0 Å². The van der Waals surface area contributed by atoms with Crippen LogP contribution in [0.1, 0.15) is 0 Å². The van der Waals surface area contributed by atoms with Crippen LogP contribution < -0.4 is 0 Å². The number of carbonyl (C=O) groups excluding carboxylic acids is 4. The van der Waals surface area contributed by atoms with E-state index in [0.717, 1.165) is 0 Å². The number of hydrogen-bond donors (Lipinski definition) is 0. The molecule has 0 saturated carbocycles. The van der Waals surface area contributed by atoms with Crippen molar-refractivity contribution < 1.29 is 37.4 Å². The second-order valence-electron chi connectivity index (χ2n) is 3.89. The molecule has 0 spiro atoms.